The normalized spacial score (nSPS) is 11.5. The molecule has 0 saturated carbocycles. The minimum Gasteiger partial charge on any atom is -0.330 e. The van der Waals surface area contributed by atoms with Gasteiger partial charge in [-0.2, -0.15) is 13.2 Å². The average molecular weight is 218 g/mol. The highest BCUT2D eigenvalue weighted by Crippen LogP contribution is 2.30. The monoisotopic (exact) mass is 218 g/mol. The van der Waals surface area contributed by atoms with Gasteiger partial charge in [0.1, 0.15) is 0 Å². The standard InChI is InChI=1S/C9H9F3N2O/c10-9(11,12)8-6(2-1-5-14-8)7(15)3-4-13/h1-2,5H,3-4,13H2. The minimum absolute atomic E-state index is 0.0189. The highest BCUT2D eigenvalue weighted by Gasteiger charge is 2.36. The number of rotatable bonds is 3. The molecule has 6 heteroatoms. The summed E-state index contributed by atoms with van der Waals surface area (Å²) in [4.78, 5) is 14.5. The smallest absolute Gasteiger partial charge is 0.330 e. The molecule has 1 heterocycles. The van der Waals surface area contributed by atoms with Crippen molar-refractivity contribution in [2.45, 2.75) is 12.6 Å². The lowest BCUT2D eigenvalue weighted by Crippen LogP contribution is -2.17. The van der Waals surface area contributed by atoms with Gasteiger partial charge in [-0.05, 0) is 18.7 Å². The van der Waals surface area contributed by atoms with Crippen LogP contribution in [0, 0.1) is 0 Å². The first-order chi connectivity index (χ1) is 6.96. The van der Waals surface area contributed by atoms with Gasteiger partial charge in [-0.1, -0.05) is 0 Å². The molecule has 0 spiro atoms. The molecule has 2 N–H and O–H groups in total. The van der Waals surface area contributed by atoms with Gasteiger partial charge in [0.05, 0.1) is 0 Å². The number of Topliss-reactive ketones (excluding diaryl/α,β-unsaturated/α-hetero) is 1. The Labute approximate surface area is 84.1 Å². The summed E-state index contributed by atoms with van der Waals surface area (Å²) < 4.78 is 37.2. The van der Waals surface area contributed by atoms with E-state index in [-0.39, 0.29) is 13.0 Å². The van der Waals surface area contributed by atoms with E-state index in [9.17, 15) is 18.0 Å². The van der Waals surface area contributed by atoms with Gasteiger partial charge in [0.2, 0.25) is 0 Å². The molecular formula is C9H9F3N2O. The molecule has 0 radical (unpaired) electrons. The fourth-order valence-corrected chi connectivity index (χ4v) is 1.12. The number of carbonyl (C=O) groups excluding carboxylic acids is 1. The number of halogens is 3. The molecule has 0 fully saturated rings. The third kappa shape index (κ3) is 2.76. The Hall–Kier alpha value is -1.43. The van der Waals surface area contributed by atoms with Crippen LogP contribution in [0.2, 0.25) is 0 Å². The molecule has 0 aliphatic rings. The maximum absolute atomic E-state index is 12.4. The van der Waals surface area contributed by atoms with Crippen LogP contribution < -0.4 is 5.73 Å². The maximum atomic E-state index is 12.4. The second kappa shape index (κ2) is 4.39. The Morgan fingerprint density at radius 2 is 2.13 bits per heavy atom. The second-order valence-corrected chi connectivity index (χ2v) is 2.86. The predicted octanol–water partition coefficient (Wildman–Crippen LogP) is 1.63. The lowest BCUT2D eigenvalue weighted by molar-refractivity contribution is -0.141. The molecule has 0 unspecified atom stereocenters. The second-order valence-electron chi connectivity index (χ2n) is 2.86. The van der Waals surface area contributed by atoms with E-state index in [0.29, 0.717) is 0 Å². The first-order valence-electron chi connectivity index (χ1n) is 4.22. The summed E-state index contributed by atoms with van der Waals surface area (Å²) in [6.45, 7) is 0.0189. The van der Waals surface area contributed by atoms with Crippen LogP contribution in [0.4, 0.5) is 13.2 Å². The molecule has 3 nitrogen and oxygen atoms in total. The molecule has 0 amide bonds. The van der Waals surface area contributed by atoms with E-state index in [2.05, 4.69) is 4.98 Å². The number of carbonyl (C=O) groups is 1. The number of nitrogens with two attached hydrogens (primary N) is 1. The molecular weight excluding hydrogens is 209 g/mol. The van der Waals surface area contributed by atoms with Crippen LogP contribution in [0.1, 0.15) is 22.5 Å². The molecule has 82 valence electrons. The van der Waals surface area contributed by atoms with Gasteiger partial charge in [0, 0.05) is 18.2 Å². The van der Waals surface area contributed by atoms with Gasteiger partial charge in [0.15, 0.2) is 11.5 Å². The van der Waals surface area contributed by atoms with Crippen molar-refractivity contribution in [3.05, 3.63) is 29.6 Å². The largest absolute Gasteiger partial charge is 0.434 e. The molecule has 15 heavy (non-hydrogen) atoms. The van der Waals surface area contributed by atoms with Crippen molar-refractivity contribution < 1.29 is 18.0 Å². The van der Waals surface area contributed by atoms with Crippen molar-refractivity contribution in [3.63, 3.8) is 0 Å². The third-order valence-corrected chi connectivity index (χ3v) is 1.75. The Kier molecular flexibility index (Phi) is 3.41. The number of ketones is 1. The third-order valence-electron chi connectivity index (χ3n) is 1.75. The minimum atomic E-state index is -4.61. The fraction of sp³-hybridized carbons (Fsp3) is 0.333. The van der Waals surface area contributed by atoms with Crippen LogP contribution in [0.25, 0.3) is 0 Å². The molecule has 0 bridgehead atoms. The zero-order chi connectivity index (χ0) is 11.5. The topological polar surface area (TPSA) is 56.0 Å². The van der Waals surface area contributed by atoms with Crippen molar-refractivity contribution in [1.82, 2.24) is 4.98 Å². The van der Waals surface area contributed by atoms with E-state index < -0.39 is 23.2 Å². The van der Waals surface area contributed by atoms with E-state index >= 15 is 0 Å². The van der Waals surface area contributed by atoms with Crippen LogP contribution >= 0.6 is 0 Å². The van der Waals surface area contributed by atoms with E-state index in [1.807, 2.05) is 0 Å². The maximum Gasteiger partial charge on any atom is 0.434 e. The van der Waals surface area contributed by atoms with Gasteiger partial charge >= 0.3 is 6.18 Å². The van der Waals surface area contributed by atoms with Crippen LogP contribution in [0.3, 0.4) is 0 Å². The molecule has 0 saturated heterocycles. The lowest BCUT2D eigenvalue weighted by Gasteiger charge is -2.09. The molecule has 0 aliphatic carbocycles. The zero-order valence-corrected chi connectivity index (χ0v) is 7.71. The van der Waals surface area contributed by atoms with E-state index in [4.69, 9.17) is 5.73 Å². The Bertz CT molecular complexity index is 363. The summed E-state index contributed by atoms with van der Waals surface area (Å²) in [5.74, 6) is -0.641. The summed E-state index contributed by atoms with van der Waals surface area (Å²) in [6, 6.07) is 2.40. The van der Waals surface area contributed by atoms with E-state index in [1.54, 1.807) is 0 Å². The number of nitrogens with zero attached hydrogens (tertiary/aromatic N) is 1. The zero-order valence-electron chi connectivity index (χ0n) is 7.71. The number of pyridine rings is 1. The summed E-state index contributed by atoms with van der Waals surface area (Å²) >= 11 is 0. The predicted molar refractivity (Wildman–Crippen MR) is 47.2 cm³/mol. The van der Waals surface area contributed by atoms with Crippen LogP contribution in [-0.4, -0.2) is 17.3 Å². The van der Waals surface area contributed by atoms with Crippen molar-refractivity contribution >= 4 is 5.78 Å². The van der Waals surface area contributed by atoms with Crippen LogP contribution in [0.15, 0.2) is 18.3 Å². The highest BCUT2D eigenvalue weighted by atomic mass is 19.4. The highest BCUT2D eigenvalue weighted by molar-refractivity contribution is 5.97. The van der Waals surface area contributed by atoms with Crippen molar-refractivity contribution in [1.29, 1.82) is 0 Å². The number of hydrogen-bond donors (Lipinski definition) is 1. The Balaban J connectivity index is 3.12. The molecule has 0 aromatic carbocycles. The van der Waals surface area contributed by atoms with Crippen molar-refractivity contribution in [2.75, 3.05) is 6.54 Å². The van der Waals surface area contributed by atoms with Gasteiger partial charge in [0.25, 0.3) is 0 Å². The van der Waals surface area contributed by atoms with Crippen molar-refractivity contribution in [2.24, 2.45) is 5.73 Å². The number of hydrogen-bond acceptors (Lipinski definition) is 3. The molecule has 0 atom stereocenters. The lowest BCUT2D eigenvalue weighted by atomic mass is 10.1. The summed E-state index contributed by atoms with van der Waals surface area (Å²) in [5.41, 5.74) is 3.53. The fourth-order valence-electron chi connectivity index (χ4n) is 1.12. The van der Waals surface area contributed by atoms with E-state index in [0.717, 1.165) is 12.3 Å². The number of alkyl halides is 3. The van der Waals surface area contributed by atoms with Crippen LogP contribution in [-0.2, 0) is 6.18 Å². The van der Waals surface area contributed by atoms with Gasteiger partial charge < -0.3 is 5.73 Å². The van der Waals surface area contributed by atoms with Crippen molar-refractivity contribution in [3.8, 4) is 0 Å². The Morgan fingerprint density at radius 3 is 2.67 bits per heavy atom. The van der Waals surface area contributed by atoms with Gasteiger partial charge in [-0.3, -0.25) is 9.78 Å². The quantitative estimate of drug-likeness (QED) is 0.784. The van der Waals surface area contributed by atoms with Crippen LogP contribution in [0.5, 0.6) is 0 Å². The summed E-state index contributed by atoms with van der Waals surface area (Å²) in [6.07, 6.45) is -3.72. The molecule has 0 aliphatic heterocycles. The molecule has 1 aromatic rings. The summed E-state index contributed by atoms with van der Waals surface area (Å²) in [5, 5.41) is 0. The van der Waals surface area contributed by atoms with Gasteiger partial charge in [-0.15, -0.1) is 0 Å². The van der Waals surface area contributed by atoms with Gasteiger partial charge in [-0.25, -0.2) is 0 Å². The first kappa shape index (κ1) is 11.6. The first-order valence-corrected chi connectivity index (χ1v) is 4.22. The summed E-state index contributed by atoms with van der Waals surface area (Å²) in [7, 11) is 0. The number of aromatic nitrogens is 1. The molecule has 1 rings (SSSR count). The Morgan fingerprint density at radius 1 is 1.47 bits per heavy atom. The average Bonchev–Trinajstić information content (AvgIpc) is 2.17. The van der Waals surface area contributed by atoms with E-state index in [1.165, 1.54) is 6.07 Å². The SMILES string of the molecule is NCCC(=O)c1cccnc1C(F)(F)F. The molecule has 1 aromatic heterocycles.